The van der Waals surface area contributed by atoms with Gasteiger partial charge in [-0.25, -0.2) is 9.78 Å². The number of rotatable bonds is 5. The average molecular weight is 506 g/mol. The molecule has 3 aliphatic rings. The van der Waals surface area contributed by atoms with Crippen molar-refractivity contribution in [3.8, 4) is 11.1 Å². The van der Waals surface area contributed by atoms with E-state index in [9.17, 15) is 19.5 Å². The summed E-state index contributed by atoms with van der Waals surface area (Å²) in [6, 6.07) is 3.40. The standard InChI is InChI=1S/C25H27N7O5/c1-12(34)21-22(14-6-15-3-4-16(7-14)31(15)20(35)10-33)30-24-17(9-28-32(24)23(21)26)13-2-5-18(27-8-13)19-11-37-25(36)29-19/h2,5,8-9,14-16,19,33H,3-4,6-7,10-11,26H2,1H3,(H,29,36)/t14-,15+,16-,19-/m1/s1. The number of nitrogen functional groups attached to an aromatic ring is 1. The van der Waals surface area contributed by atoms with Crippen LogP contribution in [0.15, 0.2) is 24.5 Å². The highest BCUT2D eigenvalue weighted by Gasteiger charge is 2.44. The maximum Gasteiger partial charge on any atom is 0.407 e. The topological polar surface area (TPSA) is 165 Å². The molecule has 3 aromatic rings. The Morgan fingerprint density at radius 2 is 1.97 bits per heavy atom. The fourth-order valence-electron chi connectivity index (χ4n) is 6.10. The monoisotopic (exact) mass is 505 g/mol. The van der Waals surface area contributed by atoms with E-state index in [2.05, 4.69) is 15.4 Å². The number of amides is 2. The zero-order chi connectivity index (χ0) is 25.8. The number of cyclic esters (lactones) is 1. The van der Waals surface area contributed by atoms with Crippen LogP contribution in [0.3, 0.4) is 0 Å². The Bertz CT molecular complexity index is 1410. The largest absolute Gasteiger partial charge is 0.447 e. The van der Waals surface area contributed by atoms with Crippen LogP contribution in [0.1, 0.15) is 66.3 Å². The molecule has 0 aromatic carbocycles. The van der Waals surface area contributed by atoms with Crippen molar-refractivity contribution < 1.29 is 24.2 Å². The second-order valence-corrected chi connectivity index (χ2v) is 9.89. The number of piperidine rings is 1. The number of anilines is 1. The van der Waals surface area contributed by atoms with Crippen molar-refractivity contribution in [1.29, 1.82) is 0 Å². The molecule has 2 bridgehead atoms. The zero-order valence-electron chi connectivity index (χ0n) is 20.3. The number of nitrogens with zero attached hydrogens (tertiary/aromatic N) is 5. The third-order valence-corrected chi connectivity index (χ3v) is 7.73. The molecule has 0 aliphatic carbocycles. The number of hydrogen-bond donors (Lipinski definition) is 3. The zero-order valence-corrected chi connectivity index (χ0v) is 20.3. The Balaban J connectivity index is 1.38. The van der Waals surface area contributed by atoms with Gasteiger partial charge >= 0.3 is 6.09 Å². The number of fused-ring (bicyclic) bond motifs is 3. The quantitative estimate of drug-likeness (QED) is 0.437. The first-order valence-electron chi connectivity index (χ1n) is 12.3. The molecule has 12 nitrogen and oxygen atoms in total. The van der Waals surface area contributed by atoms with Gasteiger partial charge in [-0.3, -0.25) is 14.6 Å². The van der Waals surface area contributed by atoms with Gasteiger partial charge in [0.1, 0.15) is 25.1 Å². The molecule has 6 rings (SSSR count). The lowest BCUT2D eigenvalue weighted by Crippen LogP contribution is -2.47. The van der Waals surface area contributed by atoms with Crippen LogP contribution in [-0.2, 0) is 9.53 Å². The average Bonchev–Trinajstić information content (AvgIpc) is 3.59. The van der Waals surface area contributed by atoms with E-state index in [1.807, 2.05) is 12.1 Å². The minimum Gasteiger partial charge on any atom is -0.447 e. The van der Waals surface area contributed by atoms with Gasteiger partial charge in [0.25, 0.3) is 0 Å². The number of Topliss-reactive ketones (excluding diaryl/α,β-unsaturated/α-hetero) is 1. The maximum atomic E-state index is 12.7. The van der Waals surface area contributed by atoms with Gasteiger partial charge in [0.15, 0.2) is 11.4 Å². The van der Waals surface area contributed by atoms with Gasteiger partial charge in [-0.05, 0) is 38.7 Å². The highest BCUT2D eigenvalue weighted by atomic mass is 16.6. The van der Waals surface area contributed by atoms with Gasteiger partial charge in [-0.2, -0.15) is 9.61 Å². The van der Waals surface area contributed by atoms with Crippen molar-refractivity contribution in [3.63, 3.8) is 0 Å². The number of ether oxygens (including phenoxy) is 1. The number of hydrogen-bond acceptors (Lipinski definition) is 9. The number of aliphatic hydroxyl groups excluding tert-OH is 1. The Morgan fingerprint density at radius 1 is 1.22 bits per heavy atom. The fraction of sp³-hybridized carbons (Fsp3) is 0.440. The van der Waals surface area contributed by atoms with Gasteiger partial charge in [-0.15, -0.1) is 0 Å². The highest BCUT2D eigenvalue weighted by molar-refractivity contribution is 6.00. The van der Waals surface area contributed by atoms with Crippen molar-refractivity contribution in [2.24, 2.45) is 0 Å². The molecular weight excluding hydrogens is 478 g/mol. The number of nitrogens with two attached hydrogens (primary N) is 1. The Morgan fingerprint density at radius 3 is 2.57 bits per heavy atom. The predicted octanol–water partition coefficient (Wildman–Crippen LogP) is 1.59. The minimum atomic E-state index is -0.500. The van der Waals surface area contributed by atoms with E-state index in [4.69, 9.17) is 15.5 Å². The molecule has 37 heavy (non-hydrogen) atoms. The summed E-state index contributed by atoms with van der Waals surface area (Å²) >= 11 is 0. The number of ketones is 1. The number of carbonyl (C=O) groups is 3. The van der Waals surface area contributed by atoms with Crippen molar-refractivity contribution in [2.75, 3.05) is 18.9 Å². The predicted molar refractivity (Wildman–Crippen MR) is 131 cm³/mol. The first kappa shape index (κ1) is 23.3. The lowest BCUT2D eigenvalue weighted by Gasteiger charge is -2.39. The first-order chi connectivity index (χ1) is 17.9. The highest BCUT2D eigenvalue weighted by Crippen LogP contribution is 2.44. The Kier molecular flexibility index (Phi) is 5.55. The number of aromatic nitrogens is 4. The molecular formula is C25H27N7O5. The number of carbonyl (C=O) groups excluding carboxylic acids is 3. The molecule has 3 aliphatic heterocycles. The lowest BCUT2D eigenvalue weighted by atomic mass is 9.85. The van der Waals surface area contributed by atoms with E-state index in [-0.39, 0.29) is 48.2 Å². The molecule has 0 spiro atoms. The van der Waals surface area contributed by atoms with E-state index >= 15 is 0 Å². The summed E-state index contributed by atoms with van der Waals surface area (Å²) in [5, 5.41) is 16.5. The van der Waals surface area contributed by atoms with E-state index in [1.54, 1.807) is 17.3 Å². The summed E-state index contributed by atoms with van der Waals surface area (Å²) in [5.74, 6) is -0.263. The number of alkyl carbamates (subject to hydrolysis) is 1. The van der Waals surface area contributed by atoms with Crippen molar-refractivity contribution in [3.05, 3.63) is 41.5 Å². The van der Waals surface area contributed by atoms with Crippen LogP contribution in [-0.4, -0.2) is 72.7 Å². The van der Waals surface area contributed by atoms with Crippen LogP contribution in [0.4, 0.5) is 10.6 Å². The number of aliphatic hydroxyl groups is 1. The van der Waals surface area contributed by atoms with E-state index in [0.29, 0.717) is 41.0 Å². The molecule has 0 saturated carbocycles. The molecule has 4 N–H and O–H groups in total. The Hall–Kier alpha value is -4.06. The minimum absolute atomic E-state index is 0.00337. The van der Waals surface area contributed by atoms with Gasteiger partial charge in [0, 0.05) is 35.3 Å². The SMILES string of the molecule is CC(=O)c1c([C@H]2C[C@H]3CC[C@@H](C2)N3C(=O)CO)nc2c(-c3ccc([C@H]4COC(=O)N4)nc3)cnn2c1N. The summed E-state index contributed by atoms with van der Waals surface area (Å²) in [6.45, 7) is 1.20. The third-order valence-electron chi connectivity index (χ3n) is 7.73. The second-order valence-electron chi connectivity index (χ2n) is 9.89. The van der Waals surface area contributed by atoms with Gasteiger partial charge < -0.3 is 25.8 Å². The molecule has 3 fully saturated rings. The molecule has 0 unspecified atom stereocenters. The van der Waals surface area contributed by atoms with Crippen LogP contribution in [0.5, 0.6) is 0 Å². The molecule has 3 aromatic heterocycles. The molecule has 3 saturated heterocycles. The summed E-state index contributed by atoms with van der Waals surface area (Å²) in [7, 11) is 0. The fourth-order valence-corrected chi connectivity index (χ4v) is 6.10. The smallest absolute Gasteiger partial charge is 0.407 e. The molecule has 12 heteroatoms. The van der Waals surface area contributed by atoms with Crippen LogP contribution < -0.4 is 11.1 Å². The van der Waals surface area contributed by atoms with Crippen LogP contribution in [0.2, 0.25) is 0 Å². The summed E-state index contributed by atoms with van der Waals surface area (Å²) in [5.41, 5.74) is 10.2. The van der Waals surface area contributed by atoms with Crippen LogP contribution in [0.25, 0.3) is 16.8 Å². The molecule has 0 radical (unpaired) electrons. The molecule has 192 valence electrons. The van der Waals surface area contributed by atoms with Crippen LogP contribution >= 0.6 is 0 Å². The van der Waals surface area contributed by atoms with Crippen LogP contribution in [0, 0.1) is 0 Å². The molecule has 2 amide bonds. The van der Waals surface area contributed by atoms with Gasteiger partial charge in [-0.1, -0.05) is 6.07 Å². The lowest BCUT2D eigenvalue weighted by molar-refractivity contribution is -0.138. The summed E-state index contributed by atoms with van der Waals surface area (Å²) in [6.07, 6.45) is 5.90. The Labute approximate surface area is 211 Å². The van der Waals surface area contributed by atoms with Gasteiger partial charge in [0.2, 0.25) is 5.91 Å². The third kappa shape index (κ3) is 3.79. The summed E-state index contributed by atoms with van der Waals surface area (Å²) < 4.78 is 6.43. The van der Waals surface area contributed by atoms with Crippen molar-refractivity contribution in [1.82, 2.24) is 29.8 Å². The maximum absolute atomic E-state index is 12.7. The van der Waals surface area contributed by atoms with Gasteiger partial charge in [0.05, 0.1) is 23.1 Å². The van der Waals surface area contributed by atoms with E-state index in [0.717, 1.165) is 18.4 Å². The second kappa shape index (κ2) is 8.80. The normalized spacial score (nSPS) is 24.8. The number of pyridine rings is 1. The summed E-state index contributed by atoms with van der Waals surface area (Å²) in [4.78, 5) is 47.7. The van der Waals surface area contributed by atoms with Crippen molar-refractivity contribution in [2.45, 2.75) is 56.7 Å². The first-order valence-corrected chi connectivity index (χ1v) is 12.3. The number of nitrogens with one attached hydrogen (secondary N) is 1. The molecule has 6 heterocycles. The van der Waals surface area contributed by atoms with Crippen molar-refractivity contribution >= 4 is 29.2 Å². The van der Waals surface area contributed by atoms with E-state index in [1.165, 1.54) is 11.4 Å². The molecule has 4 atom stereocenters. The van der Waals surface area contributed by atoms with E-state index < -0.39 is 12.7 Å².